The molecule has 7 nitrogen and oxygen atoms in total. The number of halogens is 2. The van der Waals surface area contributed by atoms with Gasteiger partial charge in [-0.25, -0.2) is 8.78 Å². The number of fused-ring (bicyclic) bond motifs is 1. The van der Waals surface area contributed by atoms with Crippen molar-refractivity contribution in [3.63, 3.8) is 0 Å². The standard InChI is InChI=1S/C16H16F2N6O/c17-12(18)6-8-21-15-11-5-7-20-14(11)23-16(24-15)22-10-3-1-9(2-4-10)13(19)25/h1-5,7,12H,6,8H2,(H2,19,25)(H3,20,21,22,23,24). The minimum atomic E-state index is -2.38. The highest BCUT2D eigenvalue weighted by atomic mass is 19.3. The number of aromatic nitrogens is 3. The van der Waals surface area contributed by atoms with Gasteiger partial charge in [0.2, 0.25) is 18.3 Å². The Morgan fingerprint density at radius 3 is 2.64 bits per heavy atom. The first-order valence-corrected chi connectivity index (χ1v) is 7.57. The van der Waals surface area contributed by atoms with Crippen LogP contribution in [0.3, 0.4) is 0 Å². The topological polar surface area (TPSA) is 109 Å². The quantitative estimate of drug-likeness (QED) is 0.526. The summed E-state index contributed by atoms with van der Waals surface area (Å²) in [5, 5.41) is 6.62. The molecule has 0 saturated heterocycles. The van der Waals surface area contributed by atoms with Gasteiger partial charge < -0.3 is 21.4 Å². The summed E-state index contributed by atoms with van der Waals surface area (Å²) in [7, 11) is 0. The van der Waals surface area contributed by atoms with Gasteiger partial charge in [0.1, 0.15) is 11.5 Å². The molecule has 0 unspecified atom stereocenters. The number of H-pyrrole nitrogens is 1. The number of primary amides is 1. The maximum Gasteiger partial charge on any atom is 0.248 e. The summed E-state index contributed by atoms with van der Waals surface area (Å²) in [4.78, 5) is 22.7. The minimum absolute atomic E-state index is 0.0989. The molecule has 0 aliphatic carbocycles. The third-order valence-electron chi connectivity index (χ3n) is 3.50. The first-order valence-electron chi connectivity index (χ1n) is 7.57. The number of carbonyl (C=O) groups is 1. The number of anilines is 3. The number of nitrogens with zero attached hydrogens (tertiary/aromatic N) is 2. The van der Waals surface area contributed by atoms with Gasteiger partial charge in [-0.3, -0.25) is 4.79 Å². The lowest BCUT2D eigenvalue weighted by atomic mass is 10.2. The molecule has 25 heavy (non-hydrogen) atoms. The number of rotatable bonds is 7. The third-order valence-corrected chi connectivity index (χ3v) is 3.50. The molecule has 0 spiro atoms. The van der Waals surface area contributed by atoms with Gasteiger partial charge in [0, 0.05) is 30.4 Å². The van der Waals surface area contributed by atoms with E-state index in [-0.39, 0.29) is 13.0 Å². The van der Waals surface area contributed by atoms with E-state index in [1.54, 1.807) is 36.5 Å². The van der Waals surface area contributed by atoms with E-state index in [1.165, 1.54) is 0 Å². The molecule has 0 atom stereocenters. The highest BCUT2D eigenvalue weighted by molar-refractivity contribution is 5.93. The molecule has 3 aromatic rings. The van der Waals surface area contributed by atoms with Crippen molar-refractivity contribution >= 4 is 34.4 Å². The van der Waals surface area contributed by atoms with Gasteiger partial charge in [0.15, 0.2) is 0 Å². The predicted molar refractivity (Wildman–Crippen MR) is 91.2 cm³/mol. The summed E-state index contributed by atoms with van der Waals surface area (Å²) >= 11 is 0. The molecule has 0 aliphatic heterocycles. The van der Waals surface area contributed by atoms with Gasteiger partial charge >= 0.3 is 0 Å². The molecular weight excluding hydrogens is 330 g/mol. The molecule has 1 aromatic carbocycles. The van der Waals surface area contributed by atoms with E-state index in [9.17, 15) is 13.6 Å². The first-order chi connectivity index (χ1) is 12.0. The van der Waals surface area contributed by atoms with Crippen LogP contribution in [0.1, 0.15) is 16.8 Å². The van der Waals surface area contributed by atoms with E-state index in [4.69, 9.17) is 5.73 Å². The van der Waals surface area contributed by atoms with Gasteiger partial charge in [0.25, 0.3) is 0 Å². The number of alkyl halides is 2. The molecule has 0 radical (unpaired) electrons. The van der Waals surface area contributed by atoms with E-state index < -0.39 is 12.3 Å². The Bertz CT molecular complexity index is 878. The summed E-state index contributed by atoms with van der Waals surface area (Å²) in [6.45, 7) is 0.0989. The zero-order chi connectivity index (χ0) is 17.8. The van der Waals surface area contributed by atoms with Crippen molar-refractivity contribution in [3.05, 3.63) is 42.1 Å². The number of amides is 1. The van der Waals surface area contributed by atoms with Crippen LogP contribution in [0, 0.1) is 0 Å². The Labute approximate surface area is 141 Å². The fraction of sp³-hybridized carbons (Fsp3) is 0.188. The first kappa shape index (κ1) is 16.6. The van der Waals surface area contributed by atoms with E-state index in [2.05, 4.69) is 25.6 Å². The maximum atomic E-state index is 12.3. The van der Waals surface area contributed by atoms with Gasteiger partial charge in [-0.2, -0.15) is 9.97 Å². The number of nitrogens with one attached hydrogen (secondary N) is 3. The fourth-order valence-electron chi connectivity index (χ4n) is 2.28. The minimum Gasteiger partial charge on any atom is -0.369 e. The highest BCUT2D eigenvalue weighted by Crippen LogP contribution is 2.23. The van der Waals surface area contributed by atoms with Crippen LogP contribution in [0.5, 0.6) is 0 Å². The highest BCUT2D eigenvalue weighted by Gasteiger charge is 2.10. The average Bonchev–Trinajstić information content (AvgIpc) is 3.03. The lowest BCUT2D eigenvalue weighted by Crippen LogP contribution is -2.11. The molecule has 130 valence electrons. The normalized spacial score (nSPS) is 11.0. The zero-order valence-electron chi connectivity index (χ0n) is 13.1. The Morgan fingerprint density at radius 1 is 1.20 bits per heavy atom. The van der Waals surface area contributed by atoms with Crippen LogP contribution < -0.4 is 16.4 Å². The number of nitrogens with two attached hydrogens (primary N) is 1. The lowest BCUT2D eigenvalue weighted by Gasteiger charge is -2.10. The van der Waals surface area contributed by atoms with Crippen molar-refractivity contribution < 1.29 is 13.6 Å². The molecule has 3 rings (SSSR count). The third kappa shape index (κ3) is 4.00. The van der Waals surface area contributed by atoms with Gasteiger partial charge in [-0.05, 0) is 30.3 Å². The van der Waals surface area contributed by atoms with E-state index in [0.717, 1.165) is 0 Å². The summed E-state index contributed by atoms with van der Waals surface area (Å²) in [5.74, 6) is 0.241. The molecule has 0 saturated carbocycles. The van der Waals surface area contributed by atoms with Gasteiger partial charge in [0.05, 0.1) is 5.39 Å². The van der Waals surface area contributed by atoms with Crippen molar-refractivity contribution in [2.24, 2.45) is 5.73 Å². The summed E-state index contributed by atoms with van der Waals surface area (Å²) in [6.07, 6.45) is -0.950. The second-order valence-electron chi connectivity index (χ2n) is 5.31. The Balaban J connectivity index is 1.82. The number of benzene rings is 1. The van der Waals surface area contributed by atoms with Crippen LogP contribution in [0.15, 0.2) is 36.5 Å². The number of hydrogen-bond acceptors (Lipinski definition) is 5. The summed E-state index contributed by atoms with van der Waals surface area (Å²) < 4.78 is 24.6. The second-order valence-corrected chi connectivity index (χ2v) is 5.31. The van der Waals surface area contributed by atoms with Gasteiger partial charge in [-0.15, -0.1) is 0 Å². The van der Waals surface area contributed by atoms with Gasteiger partial charge in [-0.1, -0.05) is 0 Å². The van der Waals surface area contributed by atoms with Crippen LogP contribution in [0.4, 0.5) is 26.2 Å². The van der Waals surface area contributed by atoms with Crippen molar-refractivity contribution in [2.75, 3.05) is 17.2 Å². The van der Waals surface area contributed by atoms with Crippen molar-refractivity contribution in [1.82, 2.24) is 15.0 Å². The summed E-state index contributed by atoms with van der Waals surface area (Å²) in [5.41, 5.74) is 6.83. The largest absolute Gasteiger partial charge is 0.369 e. The van der Waals surface area contributed by atoms with Crippen molar-refractivity contribution in [3.8, 4) is 0 Å². The molecule has 9 heteroatoms. The van der Waals surface area contributed by atoms with Crippen LogP contribution in [-0.4, -0.2) is 33.8 Å². The lowest BCUT2D eigenvalue weighted by molar-refractivity contribution is 0.1000. The molecule has 5 N–H and O–H groups in total. The van der Waals surface area contributed by atoms with E-state index in [1.807, 2.05) is 0 Å². The molecule has 0 aliphatic rings. The number of hydrogen-bond donors (Lipinski definition) is 4. The van der Waals surface area contributed by atoms with Crippen molar-refractivity contribution in [2.45, 2.75) is 12.8 Å². The van der Waals surface area contributed by atoms with Crippen LogP contribution in [-0.2, 0) is 0 Å². The molecule has 2 heterocycles. The Morgan fingerprint density at radius 2 is 1.96 bits per heavy atom. The smallest absolute Gasteiger partial charge is 0.248 e. The van der Waals surface area contributed by atoms with Crippen molar-refractivity contribution in [1.29, 1.82) is 0 Å². The molecular formula is C16H16F2N6O. The fourth-order valence-corrected chi connectivity index (χ4v) is 2.28. The average molecular weight is 346 g/mol. The summed E-state index contributed by atoms with van der Waals surface area (Å²) in [6, 6.07) is 8.28. The molecule has 0 bridgehead atoms. The van der Waals surface area contributed by atoms with E-state index in [0.29, 0.717) is 34.1 Å². The van der Waals surface area contributed by atoms with E-state index >= 15 is 0 Å². The Kier molecular flexibility index (Phi) is 4.73. The predicted octanol–water partition coefficient (Wildman–Crippen LogP) is 2.87. The number of carbonyl (C=O) groups excluding carboxylic acids is 1. The van der Waals surface area contributed by atoms with Crippen LogP contribution in [0.2, 0.25) is 0 Å². The second kappa shape index (κ2) is 7.12. The van der Waals surface area contributed by atoms with Crippen LogP contribution >= 0.6 is 0 Å². The zero-order valence-corrected chi connectivity index (χ0v) is 13.1. The maximum absolute atomic E-state index is 12.3. The molecule has 2 aromatic heterocycles. The number of aromatic amines is 1. The molecule has 0 fully saturated rings. The monoisotopic (exact) mass is 346 g/mol. The molecule has 1 amide bonds. The Hall–Kier alpha value is -3.23. The SMILES string of the molecule is NC(=O)c1ccc(Nc2nc(NCCC(F)F)c3cc[nH]c3n2)cc1. The van der Waals surface area contributed by atoms with Crippen LogP contribution in [0.25, 0.3) is 11.0 Å².